The van der Waals surface area contributed by atoms with Crippen LogP contribution >= 0.6 is 0 Å². The summed E-state index contributed by atoms with van der Waals surface area (Å²) < 4.78 is 32.1. The summed E-state index contributed by atoms with van der Waals surface area (Å²) in [7, 11) is -3.08. The van der Waals surface area contributed by atoms with Crippen LogP contribution in [-0.2, 0) is 27.8 Å². The van der Waals surface area contributed by atoms with Gasteiger partial charge in [-0.25, -0.2) is 18.4 Å². The summed E-state index contributed by atoms with van der Waals surface area (Å²) in [5.41, 5.74) is 6.12. The lowest BCUT2D eigenvalue weighted by Gasteiger charge is -2.36. The molecular weight excluding hydrogens is 564 g/mol. The van der Waals surface area contributed by atoms with Crippen molar-refractivity contribution < 1.29 is 13.2 Å². The summed E-state index contributed by atoms with van der Waals surface area (Å²) >= 11 is 0. The van der Waals surface area contributed by atoms with Gasteiger partial charge < -0.3 is 19.9 Å². The van der Waals surface area contributed by atoms with Crippen molar-refractivity contribution >= 4 is 32.6 Å². The van der Waals surface area contributed by atoms with Crippen LogP contribution in [0.4, 0.5) is 11.5 Å². The maximum absolute atomic E-state index is 12.4. The molecule has 3 aromatic heterocycles. The van der Waals surface area contributed by atoms with Crippen LogP contribution in [0, 0.1) is 0 Å². The van der Waals surface area contributed by atoms with Gasteiger partial charge in [0.2, 0.25) is 10.0 Å². The first-order valence-electron chi connectivity index (χ1n) is 15.2. The van der Waals surface area contributed by atoms with Crippen LogP contribution in [-0.4, -0.2) is 95.3 Å². The van der Waals surface area contributed by atoms with Crippen molar-refractivity contribution in [3.8, 4) is 11.3 Å². The summed E-state index contributed by atoms with van der Waals surface area (Å²) in [4.78, 5) is 21.7. The minimum absolute atomic E-state index is 0.0938. The highest BCUT2D eigenvalue weighted by Crippen LogP contribution is 2.30. The number of benzene rings is 1. The topological polar surface area (TPSA) is 120 Å². The number of ether oxygens (including phenoxy) is 1. The van der Waals surface area contributed by atoms with Crippen LogP contribution in [0.2, 0.25) is 0 Å². The molecule has 0 spiro atoms. The van der Waals surface area contributed by atoms with Gasteiger partial charge in [-0.1, -0.05) is 12.1 Å². The van der Waals surface area contributed by atoms with E-state index in [1.54, 1.807) is 10.6 Å². The predicted octanol–water partition coefficient (Wildman–Crippen LogP) is 3.47. The first-order chi connectivity index (χ1) is 21.0. The predicted molar refractivity (Wildman–Crippen MR) is 167 cm³/mol. The number of hydrogen-bond donors (Lipinski definition) is 2. The number of nitrogens with one attached hydrogen (secondary N) is 2. The van der Waals surface area contributed by atoms with Crippen molar-refractivity contribution in [3.63, 3.8) is 0 Å². The molecule has 4 aromatic rings. The summed E-state index contributed by atoms with van der Waals surface area (Å²) in [6, 6.07) is 14.8. The van der Waals surface area contributed by atoms with E-state index in [1.165, 1.54) is 5.56 Å². The van der Waals surface area contributed by atoms with Gasteiger partial charge in [0.1, 0.15) is 17.8 Å². The second-order valence-electron chi connectivity index (χ2n) is 11.6. The van der Waals surface area contributed by atoms with E-state index in [4.69, 9.17) is 4.74 Å². The van der Waals surface area contributed by atoms with E-state index in [1.807, 2.05) is 6.20 Å². The molecule has 43 heavy (non-hydrogen) atoms. The quantitative estimate of drug-likeness (QED) is 0.312. The molecule has 1 atom stereocenters. The number of pyridine rings is 1. The zero-order valence-corrected chi connectivity index (χ0v) is 25.1. The third-order valence-electron chi connectivity index (χ3n) is 8.70. The molecule has 0 bridgehead atoms. The Morgan fingerprint density at radius 3 is 2.65 bits per heavy atom. The number of morpholine rings is 1. The SMILES string of the molecule is O=S1(=O)CCCN1[C@@H]1CCCN(Cc2ccnc(CNc3ccc(-c4cc5c(N6CCOCC6)ncnc5[nH]4)cc3)c2)C1. The third kappa shape index (κ3) is 6.23. The number of nitrogens with zero attached hydrogens (tertiary/aromatic N) is 6. The highest BCUT2D eigenvalue weighted by molar-refractivity contribution is 7.89. The van der Waals surface area contributed by atoms with Gasteiger partial charge >= 0.3 is 0 Å². The van der Waals surface area contributed by atoms with E-state index in [9.17, 15) is 8.42 Å². The monoisotopic (exact) mass is 602 g/mol. The normalized spacial score (nSPS) is 21.4. The van der Waals surface area contributed by atoms with Gasteiger partial charge in [-0.2, -0.15) is 4.31 Å². The molecular formula is C31H38N8O3S. The van der Waals surface area contributed by atoms with Gasteiger partial charge in [0.25, 0.3) is 0 Å². The highest BCUT2D eigenvalue weighted by Gasteiger charge is 2.36. The van der Waals surface area contributed by atoms with Gasteiger partial charge in [-0.05, 0) is 67.3 Å². The fourth-order valence-corrected chi connectivity index (χ4v) is 8.29. The van der Waals surface area contributed by atoms with Crippen molar-refractivity contribution in [2.45, 2.75) is 38.4 Å². The largest absolute Gasteiger partial charge is 0.379 e. The van der Waals surface area contributed by atoms with E-state index in [2.05, 4.69) is 77.5 Å². The average Bonchev–Trinajstić information content (AvgIpc) is 3.64. The zero-order valence-electron chi connectivity index (χ0n) is 24.3. The molecule has 12 heteroatoms. The number of anilines is 2. The molecule has 3 aliphatic rings. The second-order valence-corrected chi connectivity index (χ2v) is 13.7. The Morgan fingerprint density at radius 1 is 0.977 bits per heavy atom. The van der Waals surface area contributed by atoms with Crippen LogP contribution in [0.15, 0.2) is 55.0 Å². The molecule has 0 aliphatic carbocycles. The molecule has 2 N–H and O–H groups in total. The number of H-pyrrole nitrogens is 1. The molecule has 3 fully saturated rings. The van der Waals surface area contributed by atoms with Crippen LogP contribution in [0.3, 0.4) is 0 Å². The molecule has 1 aromatic carbocycles. The Balaban J connectivity index is 0.971. The zero-order chi connectivity index (χ0) is 29.2. The number of rotatable bonds is 8. The van der Waals surface area contributed by atoms with Crippen molar-refractivity contribution in [1.82, 2.24) is 29.1 Å². The Bertz CT molecular complexity index is 1670. The van der Waals surface area contributed by atoms with Crippen LogP contribution in [0.25, 0.3) is 22.3 Å². The van der Waals surface area contributed by atoms with Gasteiger partial charge in [0.15, 0.2) is 0 Å². The molecule has 7 rings (SSSR count). The molecule has 0 amide bonds. The first-order valence-corrected chi connectivity index (χ1v) is 16.8. The lowest BCUT2D eigenvalue weighted by molar-refractivity contribution is 0.122. The lowest BCUT2D eigenvalue weighted by Crippen LogP contribution is -2.48. The van der Waals surface area contributed by atoms with E-state index in [0.717, 1.165) is 91.5 Å². The van der Waals surface area contributed by atoms with E-state index in [0.29, 0.717) is 32.1 Å². The van der Waals surface area contributed by atoms with Crippen LogP contribution in [0.1, 0.15) is 30.5 Å². The molecule has 3 aliphatic heterocycles. The highest BCUT2D eigenvalue weighted by atomic mass is 32.2. The van der Waals surface area contributed by atoms with Gasteiger partial charge in [0, 0.05) is 56.3 Å². The maximum atomic E-state index is 12.4. The summed E-state index contributed by atoms with van der Waals surface area (Å²) in [5.74, 6) is 1.24. The van der Waals surface area contributed by atoms with Crippen LogP contribution in [0.5, 0.6) is 0 Å². The molecule has 0 unspecified atom stereocenters. The Kier molecular flexibility index (Phi) is 8.00. The Labute approximate surface area is 252 Å². The minimum Gasteiger partial charge on any atom is -0.379 e. The van der Waals surface area contributed by atoms with E-state index in [-0.39, 0.29) is 6.04 Å². The third-order valence-corrected chi connectivity index (χ3v) is 10.7. The van der Waals surface area contributed by atoms with E-state index < -0.39 is 10.0 Å². The number of aromatic amines is 1. The second kappa shape index (κ2) is 12.2. The fourth-order valence-electron chi connectivity index (χ4n) is 6.53. The molecule has 0 radical (unpaired) electrons. The van der Waals surface area contributed by atoms with Crippen molar-refractivity contribution in [1.29, 1.82) is 0 Å². The maximum Gasteiger partial charge on any atom is 0.214 e. The van der Waals surface area contributed by atoms with Crippen molar-refractivity contribution in [3.05, 3.63) is 66.2 Å². The Morgan fingerprint density at radius 2 is 1.84 bits per heavy atom. The molecule has 11 nitrogen and oxygen atoms in total. The van der Waals surface area contributed by atoms with Crippen molar-refractivity contribution in [2.75, 3.05) is 61.9 Å². The fraction of sp³-hybridized carbons (Fsp3) is 0.452. The lowest BCUT2D eigenvalue weighted by atomic mass is 10.0. The Hall–Kier alpha value is -3.58. The first kappa shape index (κ1) is 28.2. The molecule has 0 saturated carbocycles. The standard InChI is InChI=1S/C31H38N8O3S/c40-43(41)16-2-11-39(43)27-3-1-10-37(21-27)20-23-8-9-32-26(17-23)19-33-25-6-4-24(5-7-25)29-18-28-30(36-29)34-22-35-31(28)38-12-14-42-15-13-38/h4-9,17-18,22,27,33H,1-3,10-16,19-21H2,(H,34,35,36)/t27-/m1/s1. The number of sulfonamides is 1. The van der Waals surface area contributed by atoms with Gasteiger partial charge in [-0.3, -0.25) is 9.88 Å². The minimum atomic E-state index is -3.08. The van der Waals surface area contributed by atoms with Crippen molar-refractivity contribution in [2.24, 2.45) is 0 Å². The summed E-state index contributed by atoms with van der Waals surface area (Å²) in [6.07, 6.45) is 6.20. The van der Waals surface area contributed by atoms with Gasteiger partial charge in [0.05, 0.1) is 36.6 Å². The number of aromatic nitrogens is 4. The number of fused-ring (bicyclic) bond motifs is 1. The summed E-state index contributed by atoms with van der Waals surface area (Å²) in [6.45, 7) is 6.95. The molecule has 226 valence electrons. The number of piperidine rings is 1. The van der Waals surface area contributed by atoms with Crippen LogP contribution < -0.4 is 10.2 Å². The molecule has 3 saturated heterocycles. The number of likely N-dealkylation sites (tertiary alicyclic amines) is 1. The smallest absolute Gasteiger partial charge is 0.214 e. The van der Waals surface area contributed by atoms with Gasteiger partial charge in [-0.15, -0.1) is 0 Å². The van der Waals surface area contributed by atoms with E-state index >= 15 is 0 Å². The average molecular weight is 603 g/mol. The summed E-state index contributed by atoms with van der Waals surface area (Å²) in [5, 5.41) is 4.52. The molecule has 6 heterocycles. The number of hydrogen-bond acceptors (Lipinski definition) is 9.